The van der Waals surface area contributed by atoms with Gasteiger partial charge in [0.2, 0.25) is 0 Å². The maximum absolute atomic E-state index is 4.49. The molecule has 0 aliphatic heterocycles. The Morgan fingerprint density at radius 1 is 1.10 bits per heavy atom. The van der Waals surface area contributed by atoms with E-state index in [1.54, 1.807) is 0 Å². The molecule has 0 aliphatic carbocycles. The Morgan fingerprint density at radius 3 is 2.60 bits per heavy atom. The van der Waals surface area contributed by atoms with Crippen LogP contribution in [0.1, 0.15) is 0 Å². The highest BCUT2D eigenvalue weighted by Gasteiger charge is 2.06. The fraction of sp³-hybridized carbons (Fsp3) is 0.133. The molecule has 2 aromatic carbocycles. The van der Waals surface area contributed by atoms with Gasteiger partial charge in [0, 0.05) is 29.9 Å². The topological polar surface area (TPSA) is 21.1 Å². The molecule has 0 saturated carbocycles. The second-order valence-electron chi connectivity index (χ2n) is 4.66. The van der Waals surface area contributed by atoms with Crippen LogP contribution in [-0.4, -0.2) is 23.6 Å². The maximum atomic E-state index is 4.49. The van der Waals surface area contributed by atoms with Gasteiger partial charge in [0.1, 0.15) is 6.33 Å². The van der Waals surface area contributed by atoms with Gasteiger partial charge in [-0.1, -0.05) is 22.0 Å². The summed E-state index contributed by atoms with van der Waals surface area (Å²) < 4.78 is 3.16. The van der Waals surface area contributed by atoms with Crippen LogP contribution in [-0.2, 0) is 0 Å². The highest BCUT2D eigenvalue weighted by atomic mass is 79.9. The third kappa shape index (κ3) is 2.67. The Labute approximate surface area is 132 Å². The molecule has 1 heterocycles. The molecule has 20 heavy (non-hydrogen) atoms. The van der Waals surface area contributed by atoms with Crippen molar-refractivity contribution in [2.75, 3.05) is 19.0 Å². The molecule has 0 spiro atoms. The minimum absolute atomic E-state index is 0. The molecule has 0 amide bonds. The van der Waals surface area contributed by atoms with Gasteiger partial charge >= 0.3 is 0 Å². The summed E-state index contributed by atoms with van der Waals surface area (Å²) in [7, 11) is 4.07. The van der Waals surface area contributed by atoms with Crippen molar-refractivity contribution >= 4 is 45.1 Å². The van der Waals surface area contributed by atoms with E-state index in [2.05, 4.69) is 60.7 Å². The predicted octanol–water partition coefficient (Wildman–Crippen LogP) is 4.28. The van der Waals surface area contributed by atoms with Crippen molar-refractivity contribution in [2.24, 2.45) is 0 Å². The number of aromatic nitrogens is 2. The summed E-state index contributed by atoms with van der Waals surface area (Å²) in [4.78, 5) is 6.57. The van der Waals surface area contributed by atoms with E-state index in [1.165, 1.54) is 0 Å². The largest absolute Gasteiger partial charge is 0.378 e. The van der Waals surface area contributed by atoms with Crippen molar-refractivity contribution in [1.29, 1.82) is 0 Å². The Morgan fingerprint density at radius 2 is 1.90 bits per heavy atom. The van der Waals surface area contributed by atoms with E-state index in [-0.39, 0.29) is 12.4 Å². The number of nitrogens with zero attached hydrogens (tertiary/aromatic N) is 3. The zero-order valence-corrected chi connectivity index (χ0v) is 13.6. The monoisotopic (exact) mass is 351 g/mol. The van der Waals surface area contributed by atoms with Crippen LogP contribution < -0.4 is 4.90 Å². The molecule has 3 aromatic rings. The summed E-state index contributed by atoms with van der Waals surface area (Å²) in [6.07, 6.45) is 1.87. The average Bonchev–Trinajstić information content (AvgIpc) is 2.81. The molecule has 0 atom stereocenters. The number of hydrogen-bond acceptors (Lipinski definition) is 2. The van der Waals surface area contributed by atoms with Crippen LogP contribution in [0.5, 0.6) is 0 Å². The molecule has 0 aliphatic rings. The number of benzene rings is 2. The Hall–Kier alpha value is -1.52. The van der Waals surface area contributed by atoms with Gasteiger partial charge in [-0.15, -0.1) is 12.4 Å². The van der Waals surface area contributed by atoms with E-state index < -0.39 is 0 Å². The van der Waals surface area contributed by atoms with Crippen LogP contribution >= 0.6 is 28.3 Å². The highest BCUT2D eigenvalue weighted by molar-refractivity contribution is 9.10. The number of halogens is 2. The van der Waals surface area contributed by atoms with Crippen LogP contribution in [0, 0.1) is 0 Å². The molecule has 0 radical (unpaired) electrons. The molecule has 5 heteroatoms. The molecule has 0 bridgehead atoms. The van der Waals surface area contributed by atoms with Crippen LogP contribution in [0.3, 0.4) is 0 Å². The van der Waals surface area contributed by atoms with Gasteiger partial charge in [-0.25, -0.2) is 4.98 Å². The number of imidazole rings is 1. The lowest BCUT2D eigenvalue weighted by atomic mass is 10.2. The van der Waals surface area contributed by atoms with Crippen LogP contribution in [0.25, 0.3) is 16.7 Å². The maximum Gasteiger partial charge on any atom is 0.100 e. The molecule has 0 saturated heterocycles. The molecular weight excluding hydrogens is 338 g/mol. The second kappa shape index (κ2) is 5.85. The Bertz CT molecular complexity index is 737. The quantitative estimate of drug-likeness (QED) is 0.686. The van der Waals surface area contributed by atoms with E-state index in [9.17, 15) is 0 Å². The van der Waals surface area contributed by atoms with Crippen molar-refractivity contribution < 1.29 is 0 Å². The van der Waals surface area contributed by atoms with Crippen LogP contribution in [0.4, 0.5) is 5.69 Å². The van der Waals surface area contributed by atoms with Crippen LogP contribution in [0.15, 0.2) is 53.3 Å². The van der Waals surface area contributed by atoms with Crippen molar-refractivity contribution in [3.63, 3.8) is 0 Å². The van der Waals surface area contributed by atoms with Gasteiger partial charge in [0.05, 0.1) is 11.0 Å². The first-order valence-electron chi connectivity index (χ1n) is 6.05. The lowest BCUT2D eigenvalue weighted by Gasteiger charge is -2.12. The fourth-order valence-corrected chi connectivity index (χ4v) is 2.50. The number of fused-ring (bicyclic) bond motifs is 1. The zero-order valence-electron chi connectivity index (χ0n) is 11.2. The minimum atomic E-state index is 0. The van der Waals surface area contributed by atoms with Gasteiger partial charge < -0.3 is 4.90 Å². The molecule has 1 aromatic heterocycles. The first-order valence-corrected chi connectivity index (χ1v) is 6.85. The number of anilines is 1. The van der Waals surface area contributed by atoms with Crippen molar-refractivity contribution in [1.82, 2.24) is 9.55 Å². The summed E-state index contributed by atoms with van der Waals surface area (Å²) in [6.45, 7) is 0. The normalized spacial score (nSPS) is 10.3. The van der Waals surface area contributed by atoms with E-state index in [0.29, 0.717) is 0 Å². The van der Waals surface area contributed by atoms with Crippen LogP contribution in [0.2, 0.25) is 0 Å². The minimum Gasteiger partial charge on any atom is -0.378 e. The van der Waals surface area contributed by atoms with E-state index in [0.717, 1.165) is 26.9 Å². The van der Waals surface area contributed by atoms with Crippen molar-refractivity contribution in [2.45, 2.75) is 0 Å². The zero-order chi connectivity index (χ0) is 13.4. The third-order valence-electron chi connectivity index (χ3n) is 3.13. The van der Waals surface area contributed by atoms with Gasteiger partial charge in [-0.3, -0.25) is 4.57 Å². The lowest BCUT2D eigenvalue weighted by molar-refractivity contribution is 1.09. The number of hydrogen-bond donors (Lipinski definition) is 0. The van der Waals surface area contributed by atoms with Crippen molar-refractivity contribution in [3.8, 4) is 5.69 Å². The van der Waals surface area contributed by atoms with E-state index in [1.807, 2.05) is 32.6 Å². The summed E-state index contributed by atoms with van der Waals surface area (Å²) >= 11 is 3.50. The summed E-state index contributed by atoms with van der Waals surface area (Å²) in [5.74, 6) is 0. The van der Waals surface area contributed by atoms with Gasteiger partial charge in [0.15, 0.2) is 0 Å². The SMILES string of the molecule is CN(C)c1ccc2c(c1)ncn2-c1cccc(Br)c1.Cl. The van der Waals surface area contributed by atoms with E-state index >= 15 is 0 Å². The van der Waals surface area contributed by atoms with Crippen molar-refractivity contribution in [3.05, 3.63) is 53.3 Å². The molecular formula is C15H15BrClN3. The Balaban J connectivity index is 0.00000147. The highest BCUT2D eigenvalue weighted by Crippen LogP contribution is 2.24. The first kappa shape index (κ1) is 14.9. The molecule has 0 N–H and O–H groups in total. The molecule has 0 fully saturated rings. The predicted molar refractivity (Wildman–Crippen MR) is 90.3 cm³/mol. The third-order valence-corrected chi connectivity index (χ3v) is 3.63. The van der Waals surface area contributed by atoms with Gasteiger partial charge in [-0.2, -0.15) is 0 Å². The standard InChI is InChI=1S/C15H14BrN3.ClH/c1-18(2)12-6-7-15-14(9-12)17-10-19(15)13-5-3-4-11(16)8-13;/h3-10H,1-2H3;1H. The number of rotatable bonds is 2. The van der Waals surface area contributed by atoms with Gasteiger partial charge in [-0.05, 0) is 36.4 Å². The fourth-order valence-electron chi connectivity index (χ4n) is 2.11. The van der Waals surface area contributed by atoms with E-state index in [4.69, 9.17) is 0 Å². The summed E-state index contributed by atoms with van der Waals surface area (Å²) in [6, 6.07) is 14.5. The first-order chi connectivity index (χ1) is 9.15. The smallest absolute Gasteiger partial charge is 0.100 e. The molecule has 3 nitrogen and oxygen atoms in total. The molecule has 3 rings (SSSR count). The van der Waals surface area contributed by atoms with Gasteiger partial charge in [0.25, 0.3) is 0 Å². The summed E-state index contributed by atoms with van der Waals surface area (Å²) in [5, 5.41) is 0. The lowest BCUT2D eigenvalue weighted by Crippen LogP contribution is -2.08. The average molecular weight is 353 g/mol. The Kier molecular flexibility index (Phi) is 4.35. The molecule has 0 unspecified atom stereocenters. The summed E-state index contributed by atoms with van der Waals surface area (Å²) in [5.41, 5.74) is 4.39. The molecule has 104 valence electrons. The second-order valence-corrected chi connectivity index (χ2v) is 5.58.